The van der Waals surface area contributed by atoms with Crippen molar-refractivity contribution in [3.05, 3.63) is 46.2 Å². The summed E-state index contributed by atoms with van der Waals surface area (Å²) < 4.78 is 5.61. The van der Waals surface area contributed by atoms with Gasteiger partial charge < -0.3 is 20.3 Å². The highest BCUT2D eigenvalue weighted by Crippen LogP contribution is 2.27. The Hall–Kier alpha value is -2.38. The number of fused-ring (bicyclic) bond motifs is 1. The van der Waals surface area contributed by atoms with Gasteiger partial charge in [0, 0.05) is 23.5 Å². The Balaban J connectivity index is 1.50. The van der Waals surface area contributed by atoms with Crippen molar-refractivity contribution in [3.8, 4) is 5.75 Å². The second kappa shape index (κ2) is 8.33. The first-order valence-corrected chi connectivity index (χ1v) is 9.43. The molecular formula is C19H23N3O3S. The third kappa shape index (κ3) is 4.62. The first-order chi connectivity index (χ1) is 12.5. The molecule has 1 atom stereocenters. The Morgan fingerprint density at radius 3 is 2.92 bits per heavy atom. The number of nitrogens with zero attached hydrogens (tertiary/aromatic N) is 1. The number of likely N-dealkylation sites (N-methyl/N-ethyl adjacent to an activating group) is 1. The third-order valence-electron chi connectivity index (χ3n) is 4.33. The predicted molar refractivity (Wildman–Crippen MR) is 103 cm³/mol. The lowest BCUT2D eigenvalue weighted by Gasteiger charge is -2.23. The van der Waals surface area contributed by atoms with Gasteiger partial charge in [-0.05, 0) is 55.7 Å². The molecule has 0 spiro atoms. The van der Waals surface area contributed by atoms with E-state index in [-0.39, 0.29) is 24.5 Å². The van der Waals surface area contributed by atoms with Crippen LogP contribution in [0.25, 0.3) is 0 Å². The van der Waals surface area contributed by atoms with Crippen LogP contribution in [0.3, 0.4) is 0 Å². The second-order valence-electron chi connectivity index (χ2n) is 6.45. The minimum Gasteiger partial charge on any atom is -0.484 e. The molecule has 1 aliphatic heterocycles. The van der Waals surface area contributed by atoms with Gasteiger partial charge in [-0.25, -0.2) is 0 Å². The van der Waals surface area contributed by atoms with Crippen LogP contribution in [0.15, 0.2) is 35.7 Å². The summed E-state index contributed by atoms with van der Waals surface area (Å²) in [6, 6.07) is 9.70. The summed E-state index contributed by atoms with van der Waals surface area (Å²) in [4.78, 5) is 26.8. The molecule has 2 amide bonds. The number of benzene rings is 1. The molecule has 26 heavy (non-hydrogen) atoms. The molecule has 2 N–H and O–H groups in total. The number of hydrogen-bond acceptors (Lipinski definition) is 5. The Labute approximate surface area is 157 Å². The van der Waals surface area contributed by atoms with Crippen molar-refractivity contribution in [1.29, 1.82) is 0 Å². The maximum atomic E-state index is 12.1. The predicted octanol–water partition coefficient (Wildman–Crippen LogP) is 2.43. The number of rotatable bonds is 7. The zero-order valence-corrected chi connectivity index (χ0v) is 15.8. The van der Waals surface area contributed by atoms with Crippen LogP contribution in [0.4, 0.5) is 5.69 Å². The van der Waals surface area contributed by atoms with Crippen LogP contribution < -0.4 is 15.4 Å². The SMILES string of the molecule is CN(C)C(CNC(=O)COc1ccc2c(c1)CCC(=O)N2)c1cccs1. The number of thiophene rings is 1. The number of aryl methyl sites for hydroxylation is 1. The number of anilines is 1. The smallest absolute Gasteiger partial charge is 0.258 e. The fourth-order valence-electron chi connectivity index (χ4n) is 2.88. The van der Waals surface area contributed by atoms with E-state index in [0.717, 1.165) is 11.3 Å². The van der Waals surface area contributed by atoms with E-state index >= 15 is 0 Å². The van der Waals surface area contributed by atoms with Gasteiger partial charge in [-0.1, -0.05) is 6.07 Å². The minimum atomic E-state index is -0.153. The first kappa shape index (κ1) is 18.4. The molecule has 1 aliphatic rings. The highest BCUT2D eigenvalue weighted by Gasteiger charge is 2.17. The number of ether oxygens (including phenoxy) is 1. The fraction of sp³-hybridized carbons (Fsp3) is 0.368. The lowest BCUT2D eigenvalue weighted by atomic mass is 10.0. The Morgan fingerprint density at radius 1 is 1.35 bits per heavy atom. The number of carbonyl (C=O) groups is 2. The summed E-state index contributed by atoms with van der Waals surface area (Å²) in [7, 11) is 4.00. The van der Waals surface area contributed by atoms with Crippen LogP contribution in [-0.2, 0) is 16.0 Å². The van der Waals surface area contributed by atoms with Crippen molar-refractivity contribution in [2.24, 2.45) is 0 Å². The van der Waals surface area contributed by atoms with Gasteiger partial charge in [0.1, 0.15) is 5.75 Å². The molecule has 6 nitrogen and oxygen atoms in total. The molecule has 7 heteroatoms. The fourth-order valence-corrected chi connectivity index (χ4v) is 3.80. The average Bonchev–Trinajstić information content (AvgIpc) is 3.14. The molecule has 138 valence electrons. The van der Waals surface area contributed by atoms with E-state index < -0.39 is 0 Å². The van der Waals surface area contributed by atoms with Crippen LogP contribution in [0.5, 0.6) is 5.75 Å². The highest BCUT2D eigenvalue weighted by atomic mass is 32.1. The topological polar surface area (TPSA) is 70.7 Å². The molecule has 0 radical (unpaired) electrons. The number of nitrogens with one attached hydrogen (secondary N) is 2. The summed E-state index contributed by atoms with van der Waals surface area (Å²) in [6.07, 6.45) is 1.17. The van der Waals surface area contributed by atoms with Crippen molar-refractivity contribution in [2.75, 3.05) is 32.6 Å². The Morgan fingerprint density at radius 2 is 2.19 bits per heavy atom. The molecule has 0 aliphatic carbocycles. The van der Waals surface area contributed by atoms with Gasteiger partial charge in [-0.3, -0.25) is 9.59 Å². The van der Waals surface area contributed by atoms with Crippen LogP contribution in [-0.4, -0.2) is 44.0 Å². The van der Waals surface area contributed by atoms with Gasteiger partial charge in [0.05, 0.1) is 6.04 Å². The molecule has 2 aromatic rings. The first-order valence-electron chi connectivity index (χ1n) is 8.55. The molecule has 1 unspecified atom stereocenters. The summed E-state index contributed by atoms with van der Waals surface area (Å²) >= 11 is 1.68. The van der Waals surface area contributed by atoms with Crippen molar-refractivity contribution < 1.29 is 14.3 Å². The monoisotopic (exact) mass is 373 g/mol. The van der Waals surface area contributed by atoms with E-state index in [9.17, 15) is 9.59 Å². The Bertz CT molecular complexity index is 774. The Kier molecular flexibility index (Phi) is 5.90. The zero-order valence-electron chi connectivity index (χ0n) is 15.0. The van der Waals surface area contributed by atoms with E-state index in [2.05, 4.69) is 21.6 Å². The molecule has 0 bridgehead atoms. The molecular weight excluding hydrogens is 350 g/mol. The van der Waals surface area contributed by atoms with Gasteiger partial charge in [-0.2, -0.15) is 0 Å². The number of carbonyl (C=O) groups excluding carboxylic acids is 2. The standard InChI is InChI=1S/C19H23N3O3S/c1-22(2)16(17-4-3-9-26-17)11-20-19(24)12-25-14-6-7-15-13(10-14)5-8-18(23)21-15/h3-4,6-7,9-10,16H,5,8,11-12H2,1-2H3,(H,20,24)(H,21,23). The summed E-state index contributed by atoms with van der Waals surface area (Å²) in [5.41, 5.74) is 1.86. The van der Waals surface area contributed by atoms with Gasteiger partial charge in [-0.15, -0.1) is 11.3 Å². The van der Waals surface area contributed by atoms with Gasteiger partial charge in [0.15, 0.2) is 6.61 Å². The summed E-state index contributed by atoms with van der Waals surface area (Å²) in [5.74, 6) is 0.517. The van der Waals surface area contributed by atoms with Crippen LogP contribution in [0, 0.1) is 0 Å². The lowest BCUT2D eigenvalue weighted by molar-refractivity contribution is -0.123. The summed E-state index contributed by atoms with van der Waals surface area (Å²) in [5, 5.41) is 7.80. The van der Waals surface area contributed by atoms with Crippen molar-refractivity contribution >= 4 is 28.8 Å². The normalized spacial score (nSPS) is 14.5. The molecule has 1 aromatic heterocycles. The summed E-state index contributed by atoms with van der Waals surface area (Å²) in [6.45, 7) is 0.502. The van der Waals surface area contributed by atoms with Crippen LogP contribution >= 0.6 is 11.3 Å². The maximum Gasteiger partial charge on any atom is 0.258 e. The molecule has 3 rings (SSSR count). The molecule has 0 saturated carbocycles. The zero-order chi connectivity index (χ0) is 18.5. The van der Waals surface area contributed by atoms with Crippen LogP contribution in [0.2, 0.25) is 0 Å². The van der Waals surface area contributed by atoms with E-state index in [1.54, 1.807) is 17.4 Å². The van der Waals surface area contributed by atoms with Gasteiger partial charge in [0.2, 0.25) is 5.91 Å². The van der Waals surface area contributed by atoms with Gasteiger partial charge in [0.25, 0.3) is 5.91 Å². The van der Waals surface area contributed by atoms with Crippen molar-refractivity contribution in [2.45, 2.75) is 18.9 Å². The third-order valence-corrected chi connectivity index (χ3v) is 5.30. The highest BCUT2D eigenvalue weighted by molar-refractivity contribution is 7.10. The van der Waals surface area contributed by atoms with Crippen LogP contribution in [0.1, 0.15) is 22.9 Å². The van der Waals surface area contributed by atoms with E-state index in [1.165, 1.54) is 4.88 Å². The van der Waals surface area contributed by atoms with E-state index in [1.807, 2.05) is 37.7 Å². The molecule has 0 saturated heterocycles. The van der Waals surface area contributed by atoms with E-state index in [4.69, 9.17) is 4.74 Å². The van der Waals surface area contributed by atoms with Gasteiger partial charge >= 0.3 is 0 Å². The number of hydrogen-bond donors (Lipinski definition) is 2. The molecule has 0 fully saturated rings. The van der Waals surface area contributed by atoms with Crippen molar-refractivity contribution in [3.63, 3.8) is 0 Å². The second-order valence-corrected chi connectivity index (χ2v) is 7.43. The molecule has 2 heterocycles. The van der Waals surface area contributed by atoms with E-state index in [0.29, 0.717) is 25.1 Å². The van der Waals surface area contributed by atoms with Crippen molar-refractivity contribution in [1.82, 2.24) is 10.2 Å². The minimum absolute atomic E-state index is 0.0320. The molecule has 1 aromatic carbocycles. The quantitative estimate of drug-likeness (QED) is 0.782. The number of amides is 2. The average molecular weight is 373 g/mol. The maximum absolute atomic E-state index is 12.1. The largest absolute Gasteiger partial charge is 0.484 e. The lowest BCUT2D eigenvalue weighted by Crippen LogP contribution is -2.36.